The number of halogens is 3. The Morgan fingerprint density at radius 2 is 2.05 bits per heavy atom. The van der Waals surface area contributed by atoms with Crippen molar-refractivity contribution in [3.63, 3.8) is 0 Å². The maximum Gasteiger partial charge on any atom is 0.573 e. The maximum atomic E-state index is 12.1. The minimum absolute atomic E-state index is 0.123. The summed E-state index contributed by atoms with van der Waals surface area (Å²) in [6.45, 7) is 1.26. The largest absolute Gasteiger partial charge is 0.573 e. The van der Waals surface area contributed by atoms with Crippen molar-refractivity contribution in [3.05, 3.63) is 24.3 Å². The molecule has 0 aliphatic heterocycles. The molecule has 0 saturated heterocycles. The lowest BCUT2D eigenvalue weighted by Gasteiger charge is -2.15. The van der Waals surface area contributed by atoms with E-state index in [1.54, 1.807) is 0 Å². The van der Waals surface area contributed by atoms with E-state index in [1.165, 1.54) is 25.1 Å². The van der Waals surface area contributed by atoms with Gasteiger partial charge in [-0.1, -0.05) is 12.1 Å². The van der Waals surface area contributed by atoms with Crippen LogP contribution in [-0.2, 0) is 0 Å². The lowest BCUT2D eigenvalue weighted by molar-refractivity contribution is -0.274. The van der Waals surface area contributed by atoms with Crippen LogP contribution in [-0.4, -0.2) is 30.1 Å². The van der Waals surface area contributed by atoms with Gasteiger partial charge in [0.25, 0.3) is 0 Å². The molecule has 0 aliphatic carbocycles. The predicted octanol–water partition coefficient (Wildman–Crippen LogP) is 2.09. The summed E-state index contributed by atoms with van der Waals surface area (Å²) in [5, 5.41) is 13.3. The van der Waals surface area contributed by atoms with E-state index < -0.39 is 24.2 Å². The van der Waals surface area contributed by atoms with Crippen LogP contribution in [0.4, 0.5) is 23.7 Å². The van der Waals surface area contributed by atoms with Gasteiger partial charge in [0.15, 0.2) is 5.75 Å². The summed E-state index contributed by atoms with van der Waals surface area (Å²) in [5.74, 6) is -0.512. The number of benzene rings is 1. The predicted molar refractivity (Wildman–Crippen MR) is 61.8 cm³/mol. The molecule has 1 aromatic rings. The molecule has 19 heavy (non-hydrogen) atoms. The summed E-state index contributed by atoms with van der Waals surface area (Å²) in [5.41, 5.74) is -0.123. The first-order valence-corrected chi connectivity index (χ1v) is 5.35. The van der Waals surface area contributed by atoms with E-state index in [9.17, 15) is 18.0 Å². The molecule has 106 valence electrons. The second-order valence-electron chi connectivity index (χ2n) is 3.73. The number of anilines is 1. The van der Waals surface area contributed by atoms with Gasteiger partial charge in [0.2, 0.25) is 0 Å². The van der Waals surface area contributed by atoms with Crippen LogP contribution in [0.25, 0.3) is 0 Å². The van der Waals surface area contributed by atoms with E-state index in [0.717, 1.165) is 6.07 Å². The average molecular weight is 278 g/mol. The van der Waals surface area contributed by atoms with Gasteiger partial charge in [-0.3, -0.25) is 0 Å². The highest BCUT2D eigenvalue weighted by atomic mass is 19.4. The van der Waals surface area contributed by atoms with Crippen LogP contribution in [0.3, 0.4) is 0 Å². The summed E-state index contributed by atoms with van der Waals surface area (Å²) in [6.07, 6.45) is -4.84. The second-order valence-corrected chi connectivity index (χ2v) is 3.73. The molecule has 1 aromatic carbocycles. The van der Waals surface area contributed by atoms with E-state index in [-0.39, 0.29) is 12.3 Å². The van der Waals surface area contributed by atoms with Gasteiger partial charge in [-0.05, 0) is 19.1 Å². The summed E-state index contributed by atoms with van der Waals surface area (Å²) >= 11 is 0. The van der Waals surface area contributed by atoms with E-state index in [2.05, 4.69) is 15.4 Å². The quantitative estimate of drug-likeness (QED) is 0.789. The Balaban J connectivity index is 2.75. The summed E-state index contributed by atoms with van der Waals surface area (Å²) < 4.78 is 40.2. The van der Waals surface area contributed by atoms with Crippen molar-refractivity contribution in [3.8, 4) is 5.75 Å². The Bertz CT molecular complexity index is 437. The summed E-state index contributed by atoms with van der Waals surface area (Å²) in [6, 6.07) is 3.90. The van der Waals surface area contributed by atoms with Gasteiger partial charge in [0, 0.05) is 0 Å². The number of amides is 2. The molecule has 0 heterocycles. The van der Waals surface area contributed by atoms with Crippen molar-refractivity contribution in [1.29, 1.82) is 0 Å². The van der Waals surface area contributed by atoms with Gasteiger partial charge in [-0.2, -0.15) is 0 Å². The van der Waals surface area contributed by atoms with Crippen molar-refractivity contribution in [1.82, 2.24) is 5.32 Å². The topological polar surface area (TPSA) is 70.6 Å². The van der Waals surface area contributed by atoms with Crippen LogP contribution in [0, 0.1) is 0 Å². The van der Waals surface area contributed by atoms with Gasteiger partial charge >= 0.3 is 12.4 Å². The number of alkyl halides is 3. The number of para-hydroxylation sites is 2. The molecule has 0 aromatic heterocycles. The fraction of sp³-hybridized carbons (Fsp3) is 0.364. The maximum absolute atomic E-state index is 12.1. The Morgan fingerprint density at radius 3 is 2.63 bits per heavy atom. The molecule has 3 N–H and O–H groups in total. The van der Waals surface area contributed by atoms with Crippen LogP contribution in [0.15, 0.2) is 24.3 Å². The standard InChI is InChI=1S/C11H13F3N2O3/c1-7(6-17)15-10(18)16-8-4-2-3-5-9(8)19-11(12,13)14/h2-5,7,17H,6H2,1H3,(H2,15,16,18)/t7-/m0/s1. The molecule has 5 nitrogen and oxygen atoms in total. The zero-order valence-corrected chi connectivity index (χ0v) is 9.99. The highest BCUT2D eigenvalue weighted by Gasteiger charge is 2.32. The zero-order valence-electron chi connectivity index (χ0n) is 9.99. The van der Waals surface area contributed by atoms with Gasteiger partial charge in [-0.15, -0.1) is 13.2 Å². The molecule has 1 atom stereocenters. The van der Waals surface area contributed by atoms with Crippen molar-refractivity contribution in [2.45, 2.75) is 19.3 Å². The molecule has 0 bridgehead atoms. The third kappa shape index (κ3) is 5.47. The number of carbonyl (C=O) groups is 1. The van der Waals surface area contributed by atoms with Crippen molar-refractivity contribution in [2.75, 3.05) is 11.9 Å². The molecule has 1 rings (SSSR count). The minimum Gasteiger partial charge on any atom is -0.404 e. The van der Waals surface area contributed by atoms with Crippen LogP contribution in [0.1, 0.15) is 6.92 Å². The molecule has 8 heteroatoms. The molecule has 0 aliphatic rings. The molecule has 0 spiro atoms. The first-order valence-electron chi connectivity index (χ1n) is 5.35. The van der Waals surface area contributed by atoms with E-state index >= 15 is 0 Å². The number of carbonyl (C=O) groups excluding carboxylic acids is 1. The SMILES string of the molecule is C[C@@H](CO)NC(=O)Nc1ccccc1OC(F)(F)F. The number of nitrogens with one attached hydrogen (secondary N) is 2. The van der Waals surface area contributed by atoms with Crippen LogP contribution < -0.4 is 15.4 Å². The lowest BCUT2D eigenvalue weighted by atomic mass is 10.3. The number of aliphatic hydroxyl groups is 1. The van der Waals surface area contributed by atoms with Crippen LogP contribution >= 0.6 is 0 Å². The number of urea groups is 1. The molecular weight excluding hydrogens is 265 g/mol. The number of hydrogen-bond acceptors (Lipinski definition) is 3. The van der Waals surface area contributed by atoms with Crippen molar-refractivity contribution in [2.24, 2.45) is 0 Å². The first kappa shape index (κ1) is 15.1. The molecule has 0 radical (unpaired) electrons. The zero-order chi connectivity index (χ0) is 14.5. The fourth-order valence-corrected chi connectivity index (χ4v) is 1.21. The van der Waals surface area contributed by atoms with Gasteiger partial charge < -0.3 is 20.5 Å². The summed E-state index contributed by atoms with van der Waals surface area (Å²) in [4.78, 5) is 11.4. The average Bonchev–Trinajstić information content (AvgIpc) is 2.29. The highest BCUT2D eigenvalue weighted by Crippen LogP contribution is 2.29. The van der Waals surface area contributed by atoms with Crippen molar-refractivity contribution < 1.29 is 27.8 Å². The Kier molecular flexibility index (Phi) is 4.99. The highest BCUT2D eigenvalue weighted by molar-refractivity contribution is 5.91. The van der Waals surface area contributed by atoms with Gasteiger partial charge in [0.1, 0.15) is 0 Å². The van der Waals surface area contributed by atoms with Gasteiger partial charge in [0.05, 0.1) is 18.3 Å². The molecule has 2 amide bonds. The van der Waals surface area contributed by atoms with E-state index in [1.807, 2.05) is 0 Å². The molecule has 0 fully saturated rings. The molecule has 0 unspecified atom stereocenters. The first-order chi connectivity index (χ1) is 8.81. The third-order valence-corrected chi connectivity index (χ3v) is 2.01. The smallest absolute Gasteiger partial charge is 0.404 e. The fourth-order valence-electron chi connectivity index (χ4n) is 1.21. The second kappa shape index (κ2) is 6.28. The van der Waals surface area contributed by atoms with E-state index in [0.29, 0.717) is 0 Å². The van der Waals surface area contributed by atoms with Crippen molar-refractivity contribution >= 4 is 11.7 Å². The normalized spacial score (nSPS) is 12.7. The van der Waals surface area contributed by atoms with Crippen LogP contribution in [0.5, 0.6) is 5.75 Å². The van der Waals surface area contributed by atoms with E-state index in [4.69, 9.17) is 5.11 Å². The molecule has 0 saturated carbocycles. The third-order valence-electron chi connectivity index (χ3n) is 2.01. The Labute approximate surface area is 107 Å². The van der Waals surface area contributed by atoms with Crippen LogP contribution in [0.2, 0.25) is 0 Å². The number of rotatable bonds is 4. The Morgan fingerprint density at radius 1 is 1.42 bits per heavy atom. The number of ether oxygens (including phenoxy) is 1. The van der Waals surface area contributed by atoms with Gasteiger partial charge in [-0.25, -0.2) is 4.79 Å². The monoisotopic (exact) mass is 278 g/mol. The minimum atomic E-state index is -4.84. The Hall–Kier alpha value is -1.96. The molecular formula is C11H13F3N2O3. The summed E-state index contributed by atoms with van der Waals surface area (Å²) in [7, 11) is 0. The number of hydrogen-bond donors (Lipinski definition) is 3. The number of aliphatic hydroxyl groups excluding tert-OH is 1. The lowest BCUT2D eigenvalue weighted by Crippen LogP contribution is -2.38.